The van der Waals surface area contributed by atoms with Crippen molar-refractivity contribution >= 4 is 0 Å². The van der Waals surface area contributed by atoms with E-state index in [1.54, 1.807) is 0 Å². The third-order valence-electron chi connectivity index (χ3n) is 4.08. The Kier molecular flexibility index (Phi) is 6.44. The van der Waals surface area contributed by atoms with Crippen molar-refractivity contribution in [2.45, 2.75) is 71.3 Å². The van der Waals surface area contributed by atoms with Crippen LogP contribution < -0.4 is 5.32 Å². The van der Waals surface area contributed by atoms with Gasteiger partial charge in [0, 0.05) is 30.4 Å². The van der Waals surface area contributed by atoms with Crippen LogP contribution in [0.5, 0.6) is 0 Å². The van der Waals surface area contributed by atoms with Crippen LogP contribution in [0, 0.1) is 5.92 Å². The minimum Gasteiger partial charge on any atom is -0.312 e. The standard InChI is InChI=1S/C17H29N3/c1-14(2)10-18-11-15-12-19-17(20-13-15)16-8-6-4-3-5-7-9-16/h12-14,16,18H,3-11H2,1-2H3. The van der Waals surface area contributed by atoms with E-state index in [1.807, 2.05) is 12.4 Å². The molecule has 0 bridgehead atoms. The van der Waals surface area contributed by atoms with E-state index in [0.717, 1.165) is 18.9 Å². The van der Waals surface area contributed by atoms with Gasteiger partial charge in [-0.25, -0.2) is 9.97 Å². The van der Waals surface area contributed by atoms with E-state index in [9.17, 15) is 0 Å². The summed E-state index contributed by atoms with van der Waals surface area (Å²) in [4.78, 5) is 9.24. The van der Waals surface area contributed by atoms with Crippen molar-refractivity contribution in [3.05, 3.63) is 23.8 Å². The van der Waals surface area contributed by atoms with Gasteiger partial charge in [0.1, 0.15) is 5.82 Å². The van der Waals surface area contributed by atoms with Crippen molar-refractivity contribution in [3.8, 4) is 0 Å². The molecular weight excluding hydrogens is 246 g/mol. The Balaban J connectivity index is 1.86. The van der Waals surface area contributed by atoms with Crippen LogP contribution >= 0.6 is 0 Å². The Morgan fingerprint density at radius 3 is 2.25 bits per heavy atom. The van der Waals surface area contributed by atoms with Gasteiger partial charge in [-0.05, 0) is 25.3 Å². The average molecular weight is 275 g/mol. The predicted octanol–water partition coefficient (Wildman–Crippen LogP) is 4.05. The summed E-state index contributed by atoms with van der Waals surface area (Å²) in [5.41, 5.74) is 1.19. The van der Waals surface area contributed by atoms with E-state index < -0.39 is 0 Å². The van der Waals surface area contributed by atoms with Gasteiger partial charge in [0.15, 0.2) is 0 Å². The zero-order chi connectivity index (χ0) is 14.2. The van der Waals surface area contributed by atoms with Crippen molar-refractivity contribution in [1.29, 1.82) is 0 Å². The zero-order valence-electron chi connectivity index (χ0n) is 13.1. The molecule has 0 aromatic carbocycles. The fourth-order valence-electron chi connectivity index (χ4n) is 2.89. The molecule has 0 radical (unpaired) electrons. The van der Waals surface area contributed by atoms with Crippen molar-refractivity contribution < 1.29 is 0 Å². The molecule has 20 heavy (non-hydrogen) atoms. The SMILES string of the molecule is CC(C)CNCc1cnc(C2CCCCCCC2)nc1. The monoisotopic (exact) mass is 275 g/mol. The summed E-state index contributed by atoms with van der Waals surface area (Å²) in [5.74, 6) is 2.34. The van der Waals surface area contributed by atoms with Crippen molar-refractivity contribution in [2.24, 2.45) is 5.92 Å². The van der Waals surface area contributed by atoms with Crippen LogP contribution in [-0.4, -0.2) is 16.5 Å². The van der Waals surface area contributed by atoms with Gasteiger partial charge in [-0.2, -0.15) is 0 Å². The molecule has 2 rings (SSSR count). The quantitative estimate of drug-likeness (QED) is 0.881. The molecule has 1 aromatic heterocycles. The van der Waals surface area contributed by atoms with Crippen LogP contribution in [0.4, 0.5) is 0 Å². The molecule has 0 aliphatic heterocycles. The summed E-state index contributed by atoms with van der Waals surface area (Å²) < 4.78 is 0. The van der Waals surface area contributed by atoms with E-state index >= 15 is 0 Å². The van der Waals surface area contributed by atoms with Crippen LogP contribution in [0.1, 0.15) is 76.1 Å². The lowest BCUT2D eigenvalue weighted by atomic mass is 9.90. The average Bonchev–Trinajstić information content (AvgIpc) is 2.39. The first-order valence-electron chi connectivity index (χ1n) is 8.27. The molecule has 1 heterocycles. The summed E-state index contributed by atoms with van der Waals surface area (Å²) in [6, 6.07) is 0. The van der Waals surface area contributed by atoms with Crippen molar-refractivity contribution in [3.63, 3.8) is 0 Å². The fraction of sp³-hybridized carbons (Fsp3) is 0.765. The second kappa shape index (κ2) is 8.35. The molecule has 1 N–H and O–H groups in total. The van der Waals surface area contributed by atoms with E-state index in [4.69, 9.17) is 0 Å². The predicted molar refractivity (Wildman–Crippen MR) is 83.6 cm³/mol. The maximum Gasteiger partial charge on any atom is 0.131 e. The molecule has 1 fully saturated rings. The Morgan fingerprint density at radius 2 is 1.65 bits per heavy atom. The van der Waals surface area contributed by atoms with Gasteiger partial charge in [-0.15, -0.1) is 0 Å². The molecule has 1 aliphatic carbocycles. The lowest BCUT2D eigenvalue weighted by Crippen LogP contribution is -2.19. The third kappa shape index (κ3) is 5.20. The number of hydrogen-bond donors (Lipinski definition) is 1. The van der Waals surface area contributed by atoms with Gasteiger partial charge in [-0.3, -0.25) is 0 Å². The molecule has 0 atom stereocenters. The Bertz CT molecular complexity index is 364. The minimum absolute atomic E-state index is 0.591. The largest absolute Gasteiger partial charge is 0.312 e. The summed E-state index contributed by atoms with van der Waals surface area (Å²) in [6.45, 7) is 6.37. The number of aromatic nitrogens is 2. The minimum atomic E-state index is 0.591. The van der Waals surface area contributed by atoms with Crippen LogP contribution in [0.3, 0.4) is 0 Å². The summed E-state index contributed by atoms with van der Waals surface area (Å²) >= 11 is 0. The molecule has 3 nitrogen and oxygen atoms in total. The first-order valence-corrected chi connectivity index (χ1v) is 8.27. The van der Waals surface area contributed by atoms with E-state index in [-0.39, 0.29) is 0 Å². The van der Waals surface area contributed by atoms with Gasteiger partial charge in [-0.1, -0.05) is 46.0 Å². The maximum atomic E-state index is 4.62. The molecule has 112 valence electrons. The van der Waals surface area contributed by atoms with E-state index in [2.05, 4.69) is 29.1 Å². The molecule has 0 spiro atoms. The van der Waals surface area contributed by atoms with Gasteiger partial charge in [0.05, 0.1) is 0 Å². The Labute approximate surface area is 123 Å². The molecule has 0 amide bonds. The van der Waals surface area contributed by atoms with E-state index in [0.29, 0.717) is 11.8 Å². The Morgan fingerprint density at radius 1 is 1.05 bits per heavy atom. The molecule has 3 heteroatoms. The van der Waals surface area contributed by atoms with Crippen LogP contribution in [0.25, 0.3) is 0 Å². The molecule has 0 saturated heterocycles. The number of rotatable bonds is 5. The molecule has 1 saturated carbocycles. The molecule has 0 unspecified atom stereocenters. The lowest BCUT2D eigenvalue weighted by molar-refractivity contribution is 0.442. The van der Waals surface area contributed by atoms with E-state index in [1.165, 1.54) is 50.5 Å². The second-order valence-electron chi connectivity index (χ2n) is 6.52. The molecular formula is C17H29N3. The van der Waals surface area contributed by atoms with Gasteiger partial charge >= 0.3 is 0 Å². The smallest absolute Gasteiger partial charge is 0.131 e. The van der Waals surface area contributed by atoms with Crippen molar-refractivity contribution in [2.75, 3.05) is 6.54 Å². The van der Waals surface area contributed by atoms with Gasteiger partial charge in [0.25, 0.3) is 0 Å². The topological polar surface area (TPSA) is 37.8 Å². The van der Waals surface area contributed by atoms with Crippen LogP contribution in [-0.2, 0) is 6.54 Å². The van der Waals surface area contributed by atoms with Crippen LogP contribution in [0.2, 0.25) is 0 Å². The number of nitrogens with one attached hydrogen (secondary N) is 1. The van der Waals surface area contributed by atoms with Crippen molar-refractivity contribution in [1.82, 2.24) is 15.3 Å². The summed E-state index contributed by atoms with van der Waals surface area (Å²) in [7, 11) is 0. The number of hydrogen-bond acceptors (Lipinski definition) is 3. The summed E-state index contributed by atoms with van der Waals surface area (Å²) in [6.07, 6.45) is 13.4. The highest BCUT2D eigenvalue weighted by atomic mass is 14.9. The first kappa shape index (κ1) is 15.4. The van der Waals surface area contributed by atoms with Gasteiger partial charge in [0.2, 0.25) is 0 Å². The highest BCUT2D eigenvalue weighted by Crippen LogP contribution is 2.28. The molecule has 1 aliphatic rings. The zero-order valence-corrected chi connectivity index (χ0v) is 13.1. The lowest BCUT2D eigenvalue weighted by Gasteiger charge is -2.18. The number of nitrogens with zero attached hydrogens (tertiary/aromatic N) is 2. The highest BCUT2D eigenvalue weighted by molar-refractivity contribution is 5.07. The maximum absolute atomic E-state index is 4.62. The fourth-order valence-corrected chi connectivity index (χ4v) is 2.89. The third-order valence-corrected chi connectivity index (χ3v) is 4.08. The summed E-state index contributed by atoms with van der Waals surface area (Å²) in [5, 5.41) is 3.44. The first-order chi connectivity index (χ1) is 9.75. The molecule has 1 aromatic rings. The second-order valence-corrected chi connectivity index (χ2v) is 6.52. The Hall–Kier alpha value is -0.960. The van der Waals surface area contributed by atoms with Crippen LogP contribution in [0.15, 0.2) is 12.4 Å². The normalized spacial score (nSPS) is 17.9. The highest BCUT2D eigenvalue weighted by Gasteiger charge is 2.15. The van der Waals surface area contributed by atoms with Gasteiger partial charge < -0.3 is 5.32 Å².